The Morgan fingerprint density at radius 2 is 1.81 bits per heavy atom. The van der Waals surface area contributed by atoms with Crippen molar-refractivity contribution in [3.8, 4) is 5.69 Å². The van der Waals surface area contributed by atoms with Gasteiger partial charge in [-0.1, -0.05) is 6.07 Å². The number of benzene rings is 2. The molecule has 1 saturated heterocycles. The Bertz CT molecular complexity index is 1200. The molecule has 3 aromatic rings. The summed E-state index contributed by atoms with van der Waals surface area (Å²) in [4.78, 5) is 27.3. The number of anilines is 4. The maximum atomic E-state index is 12.4. The van der Waals surface area contributed by atoms with Crippen LogP contribution >= 0.6 is 12.2 Å². The molecule has 160 valence electrons. The number of urea groups is 1. The summed E-state index contributed by atoms with van der Waals surface area (Å²) in [5.41, 5.74) is 11.2. The second kappa shape index (κ2) is 7.80. The number of H-pyrrole nitrogens is 1. The Labute approximate surface area is 184 Å². The molecule has 0 radical (unpaired) electrons. The zero-order valence-electron chi connectivity index (χ0n) is 17.1. The highest BCUT2D eigenvalue weighted by atomic mass is 32.1. The number of nitrogens with zero attached hydrogens (tertiary/aromatic N) is 2. The van der Waals surface area contributed by atoms with E-state index in [9.17, 15) is 9.59 Å². The van der Waals surface area contributed by atoms with Crippen molar-refractivity contribution < 1.29 is 9.59 Å². The standard InChI is InChI=1S/C21H23N7O2S/c1-21(2)12-27(26-18(21)29)15-8-6-13(7-9-15)24-19(30)25-14-4-3-5-16(10-14)28-17(22)11-23-20(28)31/h3-11H,12,22H2,1-2H3,(H,23,31)(H,26,29)(H2,24,25,30). The lowest BCUT2D eigenvalue weighted by molar-refractivity contribution is -0.125. The van der Waals surface area contributed by atoms with E-state index in [1.807, 2.05) is 32.0 Å². The molecular formula is C21H23N7O2S. The summed E-state index contributed by atoms with van der Waals surface area (Å²) >= 11 is 5.24. The molecule has 9 nitrogen and oxygen atoms in total. The third-order valence-electron chi connectivity index (χ3n) is 5.01. The van der Waals surface area contributed by atoms with E-state index in [0.717, 1.165) is 11.4 Å². The first kappa shape index (κ1) is 20.5. The fourth-order valence-electron chi connectivity index (χ4n) is 3.33. The van der Waals surface area contributed by atoms with E-state index in [4.69, 9.17) is 18.0 Å². The Balaban J connectivity index is 1.41. The maximum absolute atomic E-state index is 12.4. The molecular weight excluding hydrogens is 414 g/mol. The Hall–Kier alpha value is -3.79. The van der Waals surface area contributed by atoms with Crippen molar-refractivity contribution >= 4 is 47.0 Å². The molecule has 1 aromatic heterocycles. The lowest BCUT2D eigenvalue weighted by Gasteiger charge is -2.19. The van der Waals surface area contributed by atoms with Gasteiger partial charge in [0.05, 0.1) is 23.3 Å². The lowest BCUT2D eigenvalue weighted by Crippen LogP contribution is -2.33. The smallest absolute Gasteiger partial charge is 0.323 e. The minimum absolute atomic E-state index is 0.0148. The fraction of sp³-hybridized carbons (Fsp3) is 0.190. The molecule has 0 spiro atoms. The predicted octanol–water partition coefficient (Wildman–Crippen LogP) is 3.64. The molecule has 4 rings (SSSR count). The van der Waals surface area contributed by atoms with Crippen molar-refractivity contribution in [2.24, 2.45) is 5.41 Å². The van der Waals surface area contributed by atoms with E-state index >= 15 is 0 Å². The van der Waals surface area contributed by atoms with Crippen LogP contribution in [0.2, 0.25) is 0 Å². The zero-order chi connectivity index (χ0) is 22.2. The van der Waals surface area contributed by atoms with Gasteiger partial charge in [-0.2, -0.15) is 0 Å². The second-order valence-electron chi connectivity index (χ2n) is 7.94. The van der Waals surface area contributed by atoms with Crippen LogP contribution in [-0.2, 0) is 4.79 Å². The average Bonchev–Trinajstić information content (AvgIpc) is 3.19. The van der Waals surface area contributed by atoms with E-state index in [-0.39, 0.29) is 11.9 Å². The second-order valence-corrected chi connectivity index (χ2v) is 8.33. The zero-order valence-corrected chi connectivity index (χ0v) is 17.9. The summed E-state index contributed by atoms with van der Waals surface area (Å²) < 4.78 is 2.15. The van der Waals surface area contributed by atoms with Gasteiger partial charge in [-0.3, -0.25) is 19.8 Å². The minimum atomic E-state index is -0.444. The molecule has 1 aliphatic heterocycles. The number of aromatic nitrogens is 2. The van der Waals surface area contributed by atoms with Crippen LogP contribution in [-0.4, -0.2) is 28.0 Å². The highest BCUT2D eigenvalue weighted by molar-refractivity contribution is 7.71. The number of rotatable bonds is 4. The van der Waals surface area contributed by atoms with Crippen molar-refractivity contribution in [1.29, 1.82) is 0 Å². The summed E-state index contributed by atoms with van der Waals surface area (Å²) in [5, 5.41) is 7.40. The first-order valence-electron chi connectivity index (χ1n) is 9.66. The number of carbonyl (C=O) groups excluding carboxylic acids is 2. The van der Waals surface area contributed by atoms with Crippen molar-refractivity contribution in [2.75, 3.05) is 27.9 Å². The molecule has 31 heavy (non-hydrogen) atoms. The third kappa shape index (κ3) is 4.24. The fourth-order valence-corrected chi connectivity index (χ4v) is 3.60. The predicted molar refractivity (Wildman–Crippen MR) is 124 cm³/mol. The summed E-state index contributed by atoms with van der Waals surface area (Å²) in [6.45, 7) is 4.37. The summed E-state index contributed by atoms with van der Waals surface area (Å²) in [6.07, 6.45) is 1.62. The normalized spacial score (nSPS) is 14.9. The number of aromatic amines is 1. The maximum Gasteiger partial charge on any atom is 0.323 e. The quantitative estimate of drug-likeness (QED) is 0.399. The number of imidazole rings is 1. The van der Waals surface area contributed by atoms with Crippen molar-refractivity contribution in [3.05, 3.63) is 59.5 Å². The molecule has 2 heterocycles. The van der Waals surface area contributed by atoms with Gasteiger partial charge in [-0.05, 0) is 68.5 Å². The van der Waals surface area contributed by atoms with Crippen LogP contribution < -0.4 is 26.8 Å². The largest absolute Gasteiger partial charge is 0.384 e. The van der Waals surface area contributed by atoms with Gasteiger partial charge < -0.3 is 21.4 Å². The van der Waals surface area contributed by atoms with Gasteiger partial charge in [-0.25, -0.2) is 4.79 Å². The highest BCUT2D eigenvalue weighted by Gasteiger charge is 2.37. The van der Waals surface area contributed by atoms with E-state index in [0.29, 0.717) is 28.5 Å². The number of amides is 3. The monoisotopic (exact) mass is 437 g/mol. The number of hydrazine groups is 1. The highest BCUT2D eigenvalue weighted by Crippen LogP contribution is 2.27. The Morgan fingerprint density at radius 1 is 1.10 bits per heavy atom. The van der Waals surface area contributed by atoms with E-state index in [1.165, 1.54) is 0 Å². The summed E-state index contributed by atoms with van der Waals surface area (Å²) in [5.74, 6) is 0.461. The van der Waals surface area contributed by atoms with Gasteiger partial charge in [-0.15, -0.1) is 0 Å². The molecule has 0 unspecified atom stereocenters. The van der Waals surface area contributed by atoms with Crippen LogP contribution in [0.15, 0.2) is 54.7 Å². The van der Waals surface area contributed by atoms with Gasteiger partial charge in [0.15, 0.2) is 4.77 Å². The number of carbonyl (C=O) groups is 2. The molecule has 0 aliphatic carbocycles. The molecule has 3 amide bonds. The van der Waals surface area contributed by atoms with Crippen LogP contribution in [0.4, 0.5) is 27.7 Å². The number of nitrogens with two attached hydrogens (primary N) is 1. The Morgan fingerprint density at radius 3 is 2.42 bits per heavy atom. The summed E-state index contributed by atoms with van der Waals surface area (Å²) in [6, 6.07) is 14.1. The molecule has 6 N–H and O–H groups in total. The SMILES string of the molecule is CC1(C)CN(c2ccc(NC(=O)Nc3cccc(-n4c(N)c[nH]c4=S)c3)cc2)NC1=O. The van der Waals surface area contributed by atoms with Gasteiger partial charge in [0.2, 0.25) is 5.91 Å². The van der Waals surface area contributed by atoms with Gasteiger partial charge in [0, 0.05) is 17.6 Å². The van der Waals surface area contributed by atoms with E-state index in [2.05, 4.69) is 21.0 Å². The van der Waals surface area contributed by atoms with Gasteiger partial charge in [0.1, 0.15) is 5.82 Å². The van der Waals surface area contributed by atoms with Gasteiger partial charge in [0.25, 0.3) is 0 Å². The molecule has 0 saturated carbocycles. The number of nitrogen functional groups attached to an aromatic ring is 1. The molecule has 0 bridgehead atoms. The Kier molecular flexibility index (Phi) is 5.15. The van der Waals surface area contributed by atoms with Crippen LogP contribution in [0.3, 0.4) is 0 Å². The lowest BCUT2D eigenvalue weighted by atomic mass is 9.94. The topological polar surface area (TPSA) is 120 Å². The van der Waals surface area contributed by atoms with E-state index < -0.39 is 5.41 Å². The van der Waals surface area contributed by atoms with Crippen LogP contribution in [0.1, 0.15) is 13.8 Å². The summed E-state index contributed by atoms with van der Waals surface area (Å²) in [7, 11) is 0. The van der Waals surface area contributed by atoms with Crippen LogP contribution in [0, 0.1) is 10.2 Å². The number of hydrogen-bond acceptors (Lipinski definition) is 5. The third-order valence-corrected chi connectivity index (χ3v) is 5.31. The van der Waals surface area contributed by atoms with Gasteiger partial charge >= 0.3 is 6.03 Å². The first-order valence-corrected chi connectivity index (χ1v) is 10.1. The number of hydrogen-bond donors (Lipinski definition) is 5. The van der Waals surface area contributed by atoms with Crippen LogP contribution in [0.25, 0.3) is 5.69 Å². The number of nitrogens with one attached hydrogen (secondary N) is 4. The first-order chi connectivity index (χ1) is 14.7. The molecule has 1 aliphatic rings. The molecule has 0 atom stereocenters. The van der Waals surface area contributed by atoms with E-state index in [1.54, 1.807) is 46.1 Å². The van der Waals surface area contributed by atoms with Crippen molar-refractivity contribution in [1.82, 2.24) is 15.0 Å². The molecule has 10 heteroatoms. The molecule has 2 aromatic carbocycles. The van der Waals surface area contributed by atoms with Crippen molar-refractivity contribution in [2.45, 2.75) is 13.8 Å². The average molecular weight is 438 g/mol. The van der Waals surface area contributed by atoms with Crippen LogP contribution in [0.5, 0.6) is 0 Å². The minimum Gasteiger partial charge on any atom is -0.384 e. The van der Waals surface area contributed by atoms with Crippen molar-refractivity contribution in [3.63, 3.8) is 0 Å². The molecule has 1 fully saturated rings.